The monoisotopic (exact) mass is 332 g/mol. The van der Waals surface area contributed by atoms with Crippen LogP contribution in [0.4, 0.5) is 13.2 Å². The molecule has 2 saturated heterocycles. The van der Waals surface area contributed by atoms with Crippen molar-refractivity contribution in [2.75, 3.05) is 19.6 Å². The van der Waals surface area contributed by atoms with E-state index in [9.17, 15) is 23.1 Å². The highest BCUT2D eigenvalue weighted by Gasteiger charge is 2.56. The number of hydrogen-bond acceptors (Lipinski definition) is 4. The Kier molecular flexibility index (Phi) is 5.88. The molecule has 2 rings (SSSR count). The van der Waals surface area contributed by atoms with Crippen LogP contribution in [-0.2, 0) is 9.53 Å². The number of ether oxygens (including phenoxy) is 1. The molecule has 0 aromatic heterocycles. The molecule has 124 valence electrons. The second-order valence-electron chi connectivity index (χ2n) is 5.45. The molecule has 0 aliphatic carbocycles. The number of hydrogen-bond donors (Lipinski definition) is 2. The Morgan fingerprint density at radius 3 is 2.62 bits per heavy atom. The van der Waals surface area contributed by atoms with Gasteiger partial charge >= 0.3 is 6.18 Å². The molecule has 0 bridgehead atoms. The van der Waals surface area contributed by atoms with Crippen LogP contribution in [0.15, 0.2) is 0 Å². The molecular weight excluding hydrogens is 313 g/mol. The van der Waals surface area contributed by atoms with E-state index in [0.29, 0.717) is 12.8 Å². The summed E-state index contributed by atoms with van der Waals surface area (Å²) in [5, 5.41) is 9.69. The molecule has 1 unspecified atom stereocenters. The Bertz CT molecular complexity index is 383. The van der Waals surface area contributed by atoms with E-state index in [1.807, 2.05) is 0 Å². The lowest BCUT2D eigenvalue weighted by atomic mass is 9.92. The molecule has 5 nitrogen and oxygen atoms in total. The molecule has 0 spiro atoms. The van der Waals surface area contributed by atoms with Gasteiger partial charge in [0.25, 0.3) is 5.91 Å². The van der Waals surface area contributed by atoms with Crippen molar-refractivity contribution in [2.45, 2.75) is 49.7 Å². The van der Waals surface area contributed by atoms with Crippen molar-refractivity contribution in [3.63, 3.8) is 0 Å². The Balaban J connectivity index is 0.00000220. The van der Waals surface area contributed by atoms with E-state index >= 15 is 0 Å². The van der Waals surface area contributed by atoms with Gasteiger partial charge in [-0.25, -0.2) is 0 Å². The fourth-order valence-electron chi connectivity index (χ4n) is 2.72. The molecule has 0 aromatic carbocycles. The molecule has 2 heterocycles. The smallest absolute Gasteiger partial charge is 0.379 e. The summed E-state index contributed by atoms with van der Waals surface area (Å²) in [5.41, 5.74) is 2.62. The minimum Gasteiger partial charge on any atom is -0.379 e. The van der Waals surface area contributed by atoms with Crippen LogP contribution in [-0.4, -0.2) is 59.5 Å². The number of rotatable bonds is 2. The molecule has 9 heteroatoms. The first-order chi connectivity index (χ1) is 9.27. The zero-order valence-corrected chi connectivity index (χ0v) is 12.3. The van der Waals surface area contributed by atoms with Crippen LogP contribution in [0.5, 0.6) is 0 Å². The lowest BCUT2D eigenvalue weighted by molar-refractivity contribution is -0.273. The molecule has 1 amide bonds. The predicted molar refractivity (Wildman–Crippen MR) is 71.0 cm³/mol. The van der Waals surface area contributed by atoms with Gasteiger partial charge in [0.05, 0.1) is 12.6 Å². The van der Waals surface area contributed by atoms with E-state index in [2.05, 4.69) is 0 Å². The van der Waals surface area contributed by atoms with Gasteiger partial charge < -0.3 is 20.5 Å². The number of likely N-dealkylation sites (tertiary alicyclic amines) is 1. The number of β-amino-alcohol motifs (C(OH)–C–C–N with tert-alkyl or cyclic N) is 1. The summed E-state index contributed by atoms with van der Waals surface area (Å²) in [4.78, 5) is 13.2. The normalized spacial score (nSPS) is 33.7. The fourth-order valence-corrected chi connectivity index (χ4v) is 2.72. The van der Waals surface area contributed by atoms with Crippen LogP contribution in [0.2, 0.25) is 0 Å². The molecule has 3 N–H and O–H groups in total. The van der Waals surface area contributed by atoms with Crippen LogP contribution in [0.25, 0.3) is 0 Å². The number of nitrogens with zero attached hydrogens (tertiary/aromatic N) is 1. The summed E-state index contributed by atoms with van der Waals surface area (Å²) in [6, 6.07) is 0. The van der Waals surface area contributed by atoms with E-state index in [-0.39, 0.29) is 44.4 Å². The third-order valence-electron chi connectivity index (χ3n) is 3.96. The van der Waals surface area contributed by atoms with E-state index in [1.165, 1.54) is 0 Å². The van der Waals surface area contributed by atoms with E-state index in [4.69, 9.17) is 10.5 Å². The molecular formula is C12H20ClF3N2O3. The topological polar surface area (TPSA) is 75.8 Å². The number of halogens is 4. The van der Waals surface area contributed by atoms with Crippen LogP contribution < -0.4 is 5.73 Å². The second-order valence-corrected chi connectivity index (χ2v) is 5.45. The summed E-state index contributed by atoms with van der Waals surface area (Å²) in [7, 11) is 0. The van der Waals surface area contributed by atoms with Gasteiger partial charge in [-0.2, -0.15) is 13.2 Å². The average Bonchev–Trinajstić information content (AvgIpc) is 2.85. The molecule has 0 aromatic rings. The van der Waals surface area contributed by atoms with Gasteiger partial charge in [0.2, 0.25) is 0 Å². The second kappa shape index (κ2) is 6.68. The zero-order chi connectivity index (χ0) is 15.0. The lowest BCUT2D eigenvalue weighted by Crippen LogP contribution is -2.59. The van der Waals surface area contributed by atoms with Crippen LogP contribution in [0, 0.1) is 0 Å². The highest BCUT2D eigenvalue weighted by Crippen LogP contribution is 2.37. The van der Waals surface area contributed by atoms with Gasteiger partial charge in [0.15, 0.2) is 5.60 Å². The third-order valence-corrected chi connectivity index (χ3v) is 3.96. The molecule has 0 radical (unpaired) electrons. The third kappa shape index (κ3) is 3.80. The van der Waals surface area contributed by atoms with Gasteiger partial charge in [0.1, 0.15) is 6.10 Å². The number of piperidine rings is 1. The lowest BCUT2D eigenvalue weighted by Gasteiger charge is -2.40. The molecule has 2 aliphatic heterocycles. The number of carbonyl (C=O) groups is 1. The van der Waals surface area contributed by atoms with Crippen LogP contribution in [0.1, 0.15) is 25.7 Å². The Hall–Kier alpha value is -0.570. The summed E-state index contributed by atoms with van der Waals surface area (Å²) >= 11 is 0. The quantitative estimate of drug-likeness (QED) is 0.785. The average molecular weight is 333 g/mol. The Morgan fingerprint density at radius 2 is 2.10 bits per heavy atom. The summed E-state index contributed by atoms with van der Waals surface area (Å²) in [6.07, 6.45) is -4.85. The summed E-state index contributed by atoms with van der Waals surface area (Å²) in [6.45, 7) is -0.219. The Labute approximate surface area is 127 Å². The van der Waals surface area contributed by atoms with E-state index in [1.54, 1.807) is 0 Å². The zero-order valence-electron chi connectivity index (χ0n) is 11.4. The maximum absolute atomic E-state index is 12.8. The summed E-state index contributed by atoms with van der Waals surface area (Å²) < 4.78 is 43.9. The maximum Gasteiger partial charge on any atom is 0.418 e. The van der Waals surface area contributed by atoms with Crippen molar-refractivity contribution in [1.29, 1.82) is 0 Å². The minimum absolute atomic E-state index is 0. The van der Waals surface area contributed by atoms with Crippen LogP contribution in [0.3, 0.4) is 0 Å². The molecule has 2 aliphatic rings. The van der Waals surface area contributed by atoms with Crippen molar-refractivity contribution in [3.8, 4) is 0 Å². The first-order valence-corrected chi connectivity index (χ1v) is 6.70. The van der Waals surface area contributed by atoms with Crippen molar-refractivity contribution in [1.82, 2.24) is 4.90 Å². The standard InChI is InChI=1S/C12H19F3N2O3.ClH/c13-12(14,15)11(19)4-1-5-17(7-11)10(18)9-3-2-8(6-16)20-9;/h8-9,19H,1-7,16H2;1H/t8-,9+,11?;/m1./s1. The highest BCUT2D eigenvalue weighted by molar-refractivity contribution is 5.85. The highest BCUT2D eigenvalue weighted by atomic mass is 35.5. The van der Waals surface area contributed by atoms with Gasteiger partial charge in [-0.05, 0) is 25.7 Å². The van der Waals surface area contributed by atoms with Crippen LogP contribution >= 0.6 is 12.4 Å². The number of amides is 1. The van der Waals surface area contributed by atoms with Gasteiger partial charge in [-0.1, -0.05) is 0 Å². The Morgan fingerprint density at radius 1 is 1.43 bits per heavy atom. The van der Waals surface area contributed by atoms with Crippen molar-refractivity contribution < 1.29 is 27.8 Å². The van der Waals surface area contributed by atoms with E-state index in [0.717, 1.165) is 4.90 Å². The van der Waals surface area contributed by atoms with Gasteiger partial charge in [0, 0.05) is 13.1 Å². The van der Waals surface area contributed by atoms with Crippen molar-refractivity contribution in [2.24, 2.45) is 5.73 Å². The SMILES string of the molecule is Cl.NC[C@H]1CC[C@@H](C(=O)N2CCCC(O)(C(F)(F)F)C2)O1. The van der Waals surface area contributed by atoms with Gasteiger partial charge in [-0.3, -0.25) is 4.79 Å². The summed E-state index contributed by atoms with van der Waals surface area (Å²) in [5.74, 6) is -0.483. The molecule has 3 atom stereocenters. The molecule has 21 heavy (non-hydrogen) atoms. The first-order valence-electron chi connectivity index (χ1n) is 6.70. The number of carbonyl (C=O) groups excluding carboxylic acids is 1. The maximum atomic E-state index is 12.8. The first kappa shape index (κ1) is 18.5. The van der Waals surface area contributed by atoms with Crippen molar-refractivity contribution in [3.05, 3.63) is 0 Å². The predicted octanol–water partition coefficient (Wildman–Crippen LogP) is 0.830. The largest absolute Gasteiger partial charge is 0.418 e. The van der Waals surface area contributed by atoms with Gasteiger partial charge in [-0.15, -0.1) is 12.4 Å². The van der Waals surface area contributed by atoms with Crippen molar-refractivity contribution >= 4 is 18.3 Å². The number of nitrogens with two attached hydrogens (primary N) is 1. The number of alkyl halides is 3. The van der Waals surface area contributed by atoms with E-state index < -0.39 is 30.3 Å². The molecule has 0 saturated carbocycles. The molecule has 2 fully saturated rings. The number of aliphatic hydroxyl groups is 1. The minimum atomic E-state index is -4.73. The fraction of sp³-hybridized carbons (Fsp3) is 0.917.